The number of hydrogen-bond donors (Lipinski definition) is 2. The second-order valence-electron chi connectivity index (χ2n) is 4.23. The van der Waals surface area contributed by atoms with Crippen LogP contribution in [0.15, 0.2) is 53.0 Å². The van der Waals surface area contributed by atoms with E-state index in [-0.39, 0.29) is 12.5 Å². The van der Waals surface area contributed by atoms with E-state index < -0.39 is 0 Å². The minimum absolute atomic E-state index is 0.0616. The number of anilines is 2. The fraction of sp³-hybridized carbons (Fsp3) is 0.133. The lowest BCUT2D eigenvalue weighted by molar-refractivity contribution is -0.114. The largest absolute Gasteiger partial charge is 0.376 e. The number of halogens is 1. The summed E-state index contributed by atoms with van der Waals surface area (Å²) < 4.78 is 1.03. The third-order valence-corrected chi connectivity index (χ3v) is 3.18. The van der Waals surface area contributed by atoms with Crippen molar-refractivity contribution in [1.82, 2.24) is 0 Å². The first kappa shape index (κ1) is 13.6. The monoisotopic (exact) mass is 318 g/mol. The molecule has 0 unspecified atom stereocenters. The molecule has 1 amide bonds. The summed E-state index contributed by atoms with van der Waals surface area (Å²) in [5.74, 6) is -0.0616. The summed E-state index contributed by atoms with van der Waals surface area (Å²) in [4.78, 5) is 11.8. The van der Waals surface area contributed by atoms with Crippen molar-refractivity contribution in [2.24, 2.45) is 0 Å². The Bertz CT molecular complexity index is 570. The Balaban J connectivity index is 1.90. The van der Waals surface area contributed by atoms with Gasteiger partial charge in [0, 0.05) is 15.8 Å². The number of carbonyl (C=O) groups is 1. The van der Waals surface area contributed by atoms with E-state index in [1.807, 2.05) is 55.5 Å². The third-order valence-electron chi connectivity index (χ3n) is 2.69. The molecule has 0 aliphatic carbocycles. The van der Waals surface area contributed by atoms with Gasteiger partial charge in [0.05, 0.1) is 6.54 Å². The van der Waals surface area contributed by atoms with Gasteiger partial charge in [-0.15, -0.1) is 0 Å². The molecular weight excluding hydrogens is 304 g/mol. The first-order chi connectivity index (χ1) is 9.15. The molecule has 0 spiro atoms. The zero-order valence-corrected chi connectivity index (χ0v) is 12.2. The van der Waals surface area contributed by atoms with Crippen molar-refractivity contribution < 1.29 is 4.79 Å². The van der Waals surface area contributed by atoms with Gasteiger partial charge in [-0.05, 0) is 42.8 Å². The number of benzene rings is 2. The van der Waals surface area contributed by atoms with Gasteiger partial charge in [-0.2, -0.15) is 0 Å². The Morgan fingerprint density at radius 2 is 1.89 bits per heavy atom. The van der Waals surface area contributed by atoms with Gasteiger partial charge in [-0.25, -0.2) is 0 Å². The van der Waals surface area contributed by atoms with E-state index in [4.69, 9.17) is 0 Å². The Labute approximate surface area is 121 Å². The van der Waals surface area contributed by atoms with Gasteiger partial charge in [-0.3, -0.25) is 4.79 Å². The summed E-state index contributed by atoms with van der Waals surface area (Å²) >= 11 is 3.41. The zero-order chi connectivity index (χ0) is 13.7. The van der Waals surface area contributed by atoms with E-state index in [1.54, 1.807) is 0 Å². The van der Waals surface area contributed by atoms with Crippen LogP contribution in [-0.4, -0.2) is 12.5 Å². The first-order valence-electron chi connectivity index (χ1n) is 6.00. The quantitative estimate of drug-likeness (QED) is 0.900. The van der Waals surface area contributed by atoms with Crippen LogP contribution in [0.5, 0.6) is 0 Å². The third kappa shape index (κ3) is 4.10. The van der Waals surface area contributed by atoms with Gasteiger partial charge in [0.2, 0.25) is 5.91 Å². The van der Waals surface area contributed by atoms with E-state index >= 15 is 0 Å². The van der Waals surface area contributed by atoms with Crippen molar-refractivity contribution >= 4 is 33.2 Å². The van der Waals surface area contributed by atoms with Crippen LogP contribution in [0, 0.1) is 6.92 Å². The molecule has 19 heavy (non-hydrogen) atoms. The van der Waals surface area contributed by atoms with Crippen molar-refractivity contribution in [2.75, 3.05) is 17.2 Å². The molecule has 0 aliphatic rings. The normalized spacial score (nSPS) is 10.0. The summed E-state index contributed by atoms with van der Waals surface area (Å²) in [5, 5.41) is 5.96. The van der Waals surface area contributed by atoms with Crippen molar-refractivity contribution in [3.8, 4) is 0 Å². The Morgan fingerprint density at radius 1 is 1.16 bits per heavy atom. The van der Waals surface area contributed by atoms with Gasteiger partial charge in [0.15, 0.2) is 0 Å². The lowest BCUT2D eigenvalue weighted by atomic mass is 10.2. The topological polar surface area (TPSA) is 41.1 Å². The lowest BCUT2D eigenvalue weighted by Crippen LogP contribution is -2.21. The number of aryl methyl sites for hydroxylation is 1. The van der Waals surface area contributed by atoms with Crippen LogP contribution in [0.2, 0.25) is 0 Å². The molecule has 0 saturated carbocycles. The average molecular weight is 319 g/mol. The fourth-order valence-corrected chi connectivity index (χ4v) is 2.20. The molecule has 0 bridgehead atoms. The highest BCUT2D eigenvalue weighted by Crippen LogP contribution is 2.19. The number of carbonyl (C=O) groups excluding carboxylic acids is 1. The highest BCUT2D eigenvalue weighted by molar-refractivity contribution is 9.10. The van der Waals surface area contributed by atoms with E-state index in [2.05, 4.69) is 26.6 Å². The molecule has 0 heterocycles. The smallest absolute Gasteiger partial charge is 0.243 e. The molecule has 0 saturated heterocycles. The van der Waals surface area contributed by atoms with E-state index in [0.717, 1.165) is 21.4 Å². The van der Waals surface area contributed by atoms with Gasteiger partial charge < -0.3 is 10.6 Å². The summed E-state index contributed by atoms with van der Waals surface area (Å²) in [6, 6.07) is 15.3. The van der Waals surface area contributed by atoms with Crippen molar-refractivity contribution in [1.29, 1.82) is 0 Å². The van der Waals surface area contributed by atoms with Crippen molar-refractivity contribution in [3.05, 3.63) is 58.6 Å². The molecule has 2 rings (SSSR count). The second-order valence-corrected chi connectivity index (χ2v) is 5.14. The van der Waals surface area contributed by atoms with Crippen LogP contribution in [0.3, 0.4) is 0 Å². The second kappa shape index (κ2) is 6.38. The predicted molar refractivity (Wildman–Crippen MR) is 82.4 cm³/mol. The molecule has 0 radical (unpaired) electrons. The summed E-state index contributed by atoms with van der Waals surface area (Å²) in [6.45, 7) is 2.25. The molecule has 0 aromatic heterocycles. The fourth-order valence-electron chi connectivity index (χ4n) is 1.73. The molecule has 2 N–H and O–H groups in total. The van der Waals surface area contributed by atoms with E-state index in [1.165, 1.54) is 0 Å². The maximum atomic E-state index is 11.8. The SMILES string of the molecule is Cc1cc(Br)ccc1NCC(=O)Nc1ccccc1. The Hall–Kier alpha value is -1.81. The van der Waals surface area contributed by atoms with Crippen LogP contribution < -0.4 is 10.6 Å². The van der Waals surface area contributed by atoms with Gasteiger partial charge in [0.1, 0.15) is 0 Å². The lowest BCUT2D eigenvalue weighted by Gasteiger charge is -2.10. The zero-order valence-electron chi connectivity index (χ0n) is 10.6. The van der Waals surface area contributed by atoms with E-state index in [9.17, 15) is 4.79 Å². The molecule has 0 aliphatic heterocycles. The predicted octanol–water partition coefficient (Wildman–Crippen LogP) is 3.81. The van der Waals surface area contributed by atoms with Gasteiger partial charge >= 0.3 is 0 Å². The number of rotatable bonds is 4. The molecule has 3 nitrogen and oxygen atoms in total. The van der Waals surface area contributed by atoms with Crippen LogP contribution in [0.25, 0.3) is 0 Å². The molecule has 0 atom stereocenters. The number of nitrogens with one attached hydrogen (secondary N) is 2. The van der Waals surface area contributed by atoms with Crippen LogP contribution in [-0.2, 0) is 4.79 Å². The average Bonchev–Trinajstić information content (AvgIpc) is 2.39. The maximum absolute atomic E-state index is 11.8. The summed E-state index contributed by atoms with van der Waals surface area (Å²) in [5.41, 5.74) is 2.87. The molecule has 2 aromatic carbocycles. The van der Waals surface area contributed by atoms with Crippen LogP contribution in [0.4, 0.5) is 11.4 Å². The first-order valence-corrected chi connectivity index (χ1v) is 6.79. The maximum Gasteiger partial charge on any atom is 0.243 e. The van der Waals surface area contributed by atoms with Gasteiger partial charge in [0.25, 0.3) is 0 Å². The number of para-hydroxylation sites is 1. The standard InChI is InChI=1S/C15H15BrN2O/c1-11-9-12(16)7-8-14(11)17-10-15(19)18-13-5-3-2-4-6-13/h2-9,17H,10H2,1H3,(H,18,19). The summed E-state index contributed by atoms with van der Waals surface area (Å²) in [6.07, 6.45) is 0. The molecule has 98 valence electrons. The Kier molecular flexibility index (Phi) is 4.58. The molecule has 0 fully saturated rings. The number of amides is 1. The molecule has 2 aromatic rings. The highest BCUT2D eigenvalue weighted by atomic mass is 79.9. The molecule has 4 heteroatoms. The van der Waals surface area contributed by atoms with E-state index in [0.29, 0.717) is 0 Å². The van der Waals surface area contributed by atoms with Crippen molar-refractivity contribution in [3.63, 3.8) is 0 Å². The number of hydrogen-bond acceptors (Lipinski definition) is 2. The van der Waals surface area contributed by atoms with Crippen LogP contribution >= 0.6 is 15.9 Å². The Morgan fingerprint density at radius 3 is 2.58 bits per heavy atom. The van der Waals surface area contributed by atoms with Gasteiger partial charge in [-0.1, -0.05) is 34.1 Å². The van der Waals surface area contributed by atoms with Crippen LogP contribution in [0.1, 0.15) is 5.56 Å². The summed E-state index contributed by atoms with van der Waals surface area (Å²) in [7, 11) is 0. The highest BCUT2D eigenvalue weighted by Gasteiger charge is 2.03. The minimum Gasteiger partial charge on any atom is -0.376 e. The molecular formula is C15H15BrN2O. The minimum atomic E-state index is -0.0616. The van der Waals surface area contributed by atoms with Crippen molar-refractivity contribution in [2.45, 2.75) is 6.92 Å².